The normalized spacial score (nSPS) is 16.5. The molecule has 0 amide bonds. The van der Waals surface area contributed by atoms with Gasteiger partial charge in [-0.05, 0) is 0 Å². The number of aryl methyl sites for hydroxylation is 1. The molecule has 0 bridgehead atoms. The molecular formula is C46H54Cl2Zr. The summed E-state index contributed by atoms with van der Waals surface area (Å²) < 4.78 is 2.79. The summed E-state index contributed by atoms with van der Waals surface area (Å²) in [5.41, 5.74) is 19.3. The third-order valence-corrected chi connectivity index (χ3v) is 20.0. The summed E-state index contributed by atoms with van der Waals surface area (Å²) in [6, 6.07) is 30.7. The summed E-state index contributed by atoms with van der Waals surface area (Å²) in [6.07, 6.45) is 5.17. The Kier molecular flexibility index (Phi) is 11.9. The molecular weight excluding hydrogens is 715 g/mol. The maximum atomic E-state index is 2.61. The molecule has 0 saturated carbocycles. The Hall–Kier alpha value is -2.31. The molecule has 2 atom stereocenters. The molecule has 0 fully saturated rings. The van der Waals surface area contributed by atoms with Crippen molar-refractivity contribution in [3.05, 3.63) is 129 Å². The number of rotatable bonds is 5. The van der Waals surface area contributed by atoms with Gasteiger partial charge in [0.25, 0.3) is 0 Å². The topological polar surface area (TPSA) is 0 Å². The van der Waals surface area contributed by atoms with E-state index in [-0.39, 0.29) is 35.6 Å². The molecule has 0 spiro atoms. The molecule has 0 aliphatic heterocycles. The second-order valence-electron chi connectivity index (χ2n) is 16.7. The molecule has 4 aromatic carbocycles. The Morgan fingerprint density at radius 3 is 1.59 bits per heavy atom. The van der Waals surface area contributed by atoms with Crippen molar-refractivity contribution in [2.45, 2.75) is 101 Å². The number of benzene rings is 4. The van der Waals surface area contributed by atoms with E-state index in [4.69, 9.17) is 0 Å². The van der Waals surface area contributed by atoms with Gasteiger partial charge in [0.1, 0.15) is 0 Å². The molecule has 0 aromatic heterocycles. The Balaban J connectivity index is 0.00000270. The van der Waals surface area contributed by atoms with Crippen LogP contribution in [-0.2, 0) is 32.1 Å². The number of hydrogen-bond donors (Lipinski definition) is 0. The van der Waals surface area contributed by atoms with E-state index in [1.807, 2.05) is 0 Å². The van der Waals surface area contributed by atoms with Gasteiger partial charge in [-0.25, -0.2) is 0 Å². The first-order chi connectivity index (χ1) is 22.1. The standard InChI is InChI=1S/C22H25.C21H23.C3H6.2ClH.Zr/c1-15(2)18-13-17-7-6-8-20(21(17)14-18)16-9-11-19(12-10-16)22(3,4)5;1-14-12-19-15(2)6-11-18(20(19)13-14)16-7-9-17(10-8-16)21(3,4)5;1-3-2;;;/h6-15H,1-5H3;6-13H,1-5H3;1-2H3;2*1H;/q;;;;;+2/p-2. The van der Waals surface area contributed by atoms with Crippen molar-refractivity contribution in [2.75, 3.05) is 0 Å². The number of allylic oxidation sites excluding steroid dienone is 2. The second-order valence-corrected chi connectivity index (χ2v) is 24.3. The fourth-order valence-electron chi connectivity index (χ4n) is 8.04. The smallest absolute Gasteiger partial charge is 1.00 e. The largest absolute Gasteiger partial charge is 1.00 e. The molecule has 2 aliphatic carbocycles. The van der Waals surface area contributed by atoms with Gasteiger partial charge in [-0.1, -0.05) is 0 Å². The first kappa shape index (κ1) is 39.5. The van der Waals surface area contributed by atoms with Crippen LogP contribution in [-0.4, -0.2) is 3.21 Å². The van der Waals surface area contributed by atoms with Crippen molar-refractivity contribution < 1.29 is 46.1 Å². The Labute approximate surface area is 317 Å². The van der Waals surface area contributed by atoms with Crippen LogP contribution in [0.3, 0.4) is 0 Å². The van der Waals surface area contributed by atoms with Gasteiger partial charge in [0.2, 0.25) is 0 Å². The fourth-order valence-corrected chi connectivity index (χ4v) is 18.2. The first-order valence-electron chi connectivity index (χ1n) is 17.6. The molecule has 4 aromatic rings. The molecule has 0 heterocycles. The zero-order valence-electron chi connectivity index (χ0n) is 31.6. The predicted molar refractivity (Wildman–Crippen MR) is 204 cm³/mol. The Morgan fingerprint density at radius 1 is 0.612 bits per heavy atom. The van der Waals surface area contributed by atoms with Gasteiger partial charge in [-0.3, -0.25) is 0 Å². The molecule has 2 aliphatic rings. The summed E-state index contributed by atoms with van der Waals surface area (Å²) in [6.45, 7) is 28.4. The van der Waals surface area contributed by atoms with Gasteiger partial charge < -0.3 is 24.8 Å². The number of hydrogen-bond acceptors (Lipinski definition) is 0. The summed E-state index contributed by atoms with van der Waals surface area (Å²) in [4.78, 5) is 0. The third-order valence-electron chi connectivity index (χ3n) is 10.7. The first-order valence-corrected chi connectivity index (χ1v) is 21.7. The molecule has 3 heteroatoms. The van der Waals surface area contributed by atoms with Gasteiger partial charge in [-0.15, -0.1) is 0 Å². The molecule has 0 saturated heterocycles. The maximum absolute atomic E-state index is 2.61. The van der Waals surface area contributed by atoms with E-state index < -0.39 is 21.3 Å². The van der Waals surface area contributed by atoms with Crippen LogP contribution in [0.1, 0.15) is 122 Å². The van der Waals surface area contributed by atoms with E-state index in [2.05, 4.69) is 174 Å². The molecule has 6 rings (SSSR count). The van der Waals surface area contributed by atoms with E-state index in [9.17, 15) is 0 Å². The number of fused-ring (bicyclic) bond motifs is 2. The third kappa shape index (κ3) is 7.38. The van der Waals surface area contributed by atoms with Crippen molar-refractivity contribution in [3.63, 3.8) is 0 Å². The van der Waals surface area contributed by atoms with Gasteiger partial charge in [0, 0.05) is 0 Å². The Morgan fingerprint density at radius 2 is 1.12 bits per heavy atom. The van der Waals surface area contributed by atoms with Gasteiger partial charge in [0.05, 0.1) is 0 Å². The molecule has 2 unspecified atom stereocenters. The van der Waals surface area contributed by atoms with Crippen molar-refractivity contribution >= 4 is 15.4 Å². The fraction of sp³-hybridized carbons (Fsp3) is 0.370. The minimum absolute atomic E-state index is 0. The molecule has 49 heavy (non-hydrogen) atoms. The van der Waals surface area contributed by atoms with Crippen molar-refractivity contribution in [2.24, 2.45) is 5.92 Å². The monoisotopic (exact) mass is 766 g/mol. The SMILES string of the molecule is CC1=Cc2c(-c3ccc(C(C)(C)C)cc3)ccc(C)c2[CH]1[Zr+2](=[C](C)C)[CH]1C(C(C)C)=Cc2c(-c3ccc(C(C)(C)C)cc3)cccc21.[Cl-].[Cl-]. The minimum Gasteiger partial charge on any atom is -1.00 e. The quantitative estimate of drug-likeness (QED) is 0.205. The van der Waals surface area contributed by atoms with Crippen LogP contribution < -0.4 is 24.8 Å². The van der Waals surface area contributed by atoms with Crippen LogP contribution in [0, 0.1) is 12.8 Å². The van der Waals surface area contributed by atoms with E-state index >= 15 is 0 Å². The second kappa shape index (κ2) is 14.7. The summed E-state index contributed by atoms with van der Waals surface area (Å²) in [5, 5.41) is 0. The van der Waals surface area contributed by atoms with Crippen LogP contribution in [0.15, 0.2) is 90.0 Å². The van der Waals surface area contributed by atoms with E-state index in [1.54, 1.807) is 25.5 Å². The van der Waals surface area contributed by atoms with Crippen LogP contribution in [0.25, 0.3) is 34.4 Å². The minimum atomic E-state index is -2.42. The van der Waals surface area contributed by atoms with Gasteiger partial charge in [0.15, 0.2) is 0 Å². The van der Waals surface area contributed by atoms with Crippen LogP contribution in [0.4, 0.5) is 0 Å². The molecule has 0 nitrogen and oxygen atoms in total. The summed E-state index contributed by atoms with van der Waals surface area (Å²) >= 11 is -2.42. The van der Waals surface area contributed by atoms with E-state index in [0.29, 0.717) is 13.2 Å². The molecule has 0 N–H and O–H groups in total. The van der Waals surface area contributed by atoms with Crippen molar-refractivity contribution in [3.8, 4) is 22.3 Å². The van der Waals surface area contributed by atoms with Crippen LogP contribution in [0.5, 0.6) is 0 Å². The Bertz CT molecular complexity index is 1930. The summed E-state index contributed by atoms with van der Waals surface area (Å²) in [7, 11) is 0. The molecule has 0 radical (unpaired) electrons. The average molecular weight is 769 g/mol. The van der Waals surface area contributed by atoms with Gasteiger partial charge >= 0.3 is 295 Å². The predicted octanol–water partition coefficient (Wildman–Crippen LogP) is 7.01. The molecule has 256 valence electrons. The van der Waals surface area contributed by atoms with E-state index in [0.717, 1.165) is 0 Å². The van der Waals surface area contributed by atoms with Crippen molar-refractivity contribution in [1.29, 1.82) is 0 Å². The zero-order valence-corrected chi connectivity index (χ0v) is 35.6. The number of halogens is 2. The van der Waals surface area contributed by atoms with Crippen LogP contribution in [0.2, 0.25) is 0 Å². The maximum Gasteiger partial charge on any atom is -1.00 e. The van der Waals surface area contributed by atoms with Crippen molar-refractivity contribution in [1.82, 2.24) is 0 Å². The zero-order chi connectivity index (χ0) is 34.0. The van der Waals surface area contributed by atoms with Gasteiger partial charge in [-0.2, -0.15) is 0 Å². The van der Waals surface area contributed by atoms with E-state index in [1.165, 1.54) is 50.1 Å². The summed E-state index contributed by atoms with van der Waals surface area (Å²) in [5.74, 6) is 0.511. The average Bonchev–Trinajstić information content (AvgIpc) is 3.56. The van der Waals surface area contributed by atoms with Crippen LogP contribution >= 0.6 is 0 Å².